The summed E-state index contributed by atoms with van der Waals surface area (Å²) in [7, 11) is 0. The fourth-order valence-corrected chi connectivity index (χ4v) is 2.82. The molecule has 1 aliphatic heterocycles. The summed E-state index contributed by atoms with van der Waals surface area (Å²) in [5.41, 5.74) is 5.72. The van der Waals surface area contributed by atoms with Crippen molar-refractivity contribution in [3.8, 4) is 0 Å². The summed E-state index contributed by atoms with van der Waals surface area (Å²) in [6.45, 7) is 8.49. The van der Waals surface area contributed by atoms with Gasteiger partial charge in [-0.05, 0) is 39.7 Å². The number of likely N-dealkylation sites (tertiary alicyclic amines) is 1. The van der Waals surface area contributed by atoms with Crippen molar-refractivity contribution in [2.45, 2.75) is 45.6 Å². The van der Waals surface area contributed by atoms with Crippen molar-refractivity contribution in [2.24, 2.45) is 0 Å². The molecule has 1 aliphatic rings. The van der Waals surface area contributed by atoms with Crippen molar-refractivity contribution in [1.29, 1.82) is 0 Å². The number of nitrogens with two attached hydrogens (primary N) is 1. The van der Waals surface area contributed by atoms with Crippen LogP contribution in [-0.4, -0.2) is 47.1 Å². The van der Waals surface area contributed by atoms with Gasteiger partial charge in [0, 0.05) is 31.7 Å². The lowest BCUT2D eigenvalue weighted by Gasteiger charge is -2.33. The molecule has 6 nitrogen and oxygen atoms in total. The normalized spacial score (nSPS) is 19.4. The van der Waals surface area contributed by atoms with Crippen molar-refractivity contribution in [2.75, 3.05) is 42.5 Å². The van der Waals surface area contributed by atoms with Crippen LogP contribution in [0.3, 0.4) is 0 Å². The highest BCUT2D eigenvalue weighted by Gasteiger charge is 2.17. The highest BCUT2D eigenvalue weighted by molar-refractivity contribution is 5.50. The third-order valence-electron chi connectivity index (χ3n) is 3.97. The van der Waals surface area contributed by atoms with E-state index in [1.54, 1.807) is 0 Å². The number of rotatable bonds is 7. The van der Waals surface area contributed by atoms with E-state index in [0.717, 1.165) is 43.7 Å². The average Bonchev–Trinajstić information content (AvgIpc) is 2.45. The molecular weight excluding hydrogens is 264 g/mol. The Morgan fingerprint density at radius 3 is 2.76 bits per heavy atom. The minimum absolute atomic E-state index is 0.306. The van der Waals surface area contributed by atoms with Gasteiger partial charge in [-0.2, -0.15) is 9.97 Å². The first-order valence-electron chi connectivity index (χ1n) is 8.05. The van der Waals surface area contributed by atoms with E-state index in [9.17, 15) is 0 Å². The number of nitrogens with one attached hydrogen (secondary N) is 2. The Labute approximate surface area is 127 Å². The number of hydrogen-bond acceptors (Lipinski definition) is 6. The Morgan fingerprint density at radius 1 is 1.29 bits per heavy atom. The van der Waals surface area contributed by atoms with Gasteiger partial charge >= 0.3 is 0 Å². The van der Waals surface area contributed by atoms with E-state index < -0.39 is 0 Å². The average molecular weight is 292 g/mol. The summed E-state index contributed by atoms with van der Waals surface area (Å²) in [5.74, 6) is 1.88. The van der Waals surface area contributed by atoms with Gasteiger partial charge < -0.3 is 21.3 Å². The number of anilines is 3. The molecule has 0 spiro atoms. The predicted molar refractivity (Wildman–Crippen MR) is 88.6 cm³/mol. The van der Waals surface area contributed by atoms with E-state index in [-0.39, 0.29) is 0 Å². The molecular formula is C15H28N6. The summed E-state index contributed by atoms with van der Waals surface area (Å²) in [6.07, 6.45) is 5.17. The van der Waals surface area contributed by atoms with Crippen molar-refractivity contribution < 1.29 is 0 Å². The van der Waals surface area contributed by atoms with Crippen LogP contribution in [0.1, 0.15) is 39.5 Å². The second kappa shape index (κ2) is 8.02. The van der Waals surface area contributed by atoms with Crippen LogP contribution < -0.4 is 16.4 Å². The predicted octanol–water partition coefficient (Wildman–Crippen LogP) is 2.17. The fraction of sp³-hybridized carbons (Fsp3) is 0.733. The Balaban J connectivity index is 1.75. The van der Waals surface area contributed by atoms with Crippen molar-refractivity contribution >= 4 is 17.6 Å². The van der Waals surface area contributed by atoms with E-state index in [1.807, 2.05) is 13.0 Å². The van der Waals surface area contributed by atoms with Crippen LogP contribution in [0.15, 0.2) is 6.07 Å². The maximum atomic E-state index is 5.72. The molecule has 1 aromatic heterocycles. The number of aromatic nitrogens is 2. The van der Waals surface area contributed by atoms with Gasteiger partial charge in [-0.15, -0.1) is 0 Å². The molecule has 0 amide bonds. The Kier molecular flexibility index (Phi) is 6.04. The lowest BCUT2D eigenvalue weighted by atomic mass is 10.0. The van der Waals surface area contributed by atoms with Crippen LogP contribution in [0.4, 0.5) is 17.6 Å². The van der Waals surface area contributed by atoms with Gasteiger partial charge in [0.25, 0.3) is 0 Å². The Bertz CT molecular complexity index is 436. The highest BCUT2D eigenvalue weighted by atomic mass is 15.2. The molecule has 0 aromatic carbocycles. The molecule has 118 valence electrons. The Morgan fingerprint density at radius 2 is 2.05 bits per heavy atom. The molecule has 0 radical (unpaired) electrons. The van der Waals surface area contributed by atoms with Crippen molar-refractivity contribution in [1.82, 2.24) is 14.9 Å². The molecule has 1 saturated heterocycles. The number of nitrogen functional groups attached to an aromatic ring is 1. The smallest absolute Gasteiger partial charge is 0.223 e. The molecule has 6 heteroatoms. The van der Waals surface area contributed by atoms with Crippen LogP contribution in [0.25, 0.3) is 0 Å². The second-order valence-electron chi connectivity index (χ2n) is 5.69. The van der Waals surface area contributed by atoms with Gasteiger partial charge in [0.05, 0.1) is 0 Å². The second-order valence-corrected chi connectivity index (χ2v) is 5.69. The van der Waals surface area contributed by atoms with Crippen LogP contribution >= 0.6 is 0 Å². The van der Waals surface area contributed by atoms with Crippen LogP contribution in [0, 0.1) is 0 Å². The lowest BCUT2D eigenvalue weighted by Crippen LogP contribution is -2.38. The molecule has 1 aromatic rings. The minimum Gasteiger partial charge on any atom is -0.370 e. The topological polar surface area (TPSA) is 79.1 Å². The quantitative estimate of drug-likeness (QED) is 0.668. The molecule has 21 heavy (non-hydrogen) atoms. The van der Waals surface area contributed by atoms with Crippen molar-refractivity contribution in [3.05, 3.63) is 6.07 Å². The van der Waals surface area contributed by atoms with E-state index >= 15 is 0 Å². The summed E-state index contributed by atoms with van der Waals surface area (Å²) in [6, 6.07) is 2.64. The molecule has 2 rings (SSSR count). The summed E-state index contributed by atoms with van der Waals surface area (Å²) < 4.78 is 0. The summed E-state index contributed by atoms with van der Waals surface area (Å²) in [5, 5.41) is 6.50. The van der Waals surface area contributed by atoms with Gasteiger partial charge in [-0.3, -0.25) is 0 Å². The summed E-state index contributed by atoms with van der Waals surface area (Å²) in [4.78, 5) is 10.9. The molecule has 0 bridgehead atoms. The molecule has 0 aliphatic carbocycles. The third kappa shape index (κ3) is 5.04. The molecule has 1 atom stereocenters. The monoisotopic (exact) mass is 292 g/mol. The molecule has 1 fully saturated rings. The first kappa shape index (κ1) is 15.8. The van der Waals surface area contributed by atoms with E-state index in [2.05, 4.69) is 32.4 Å². The summed E-state index contributed by atoms with van der Waals surface area (Å²) >= 11 is 0. The lowest BCUT2D eigenvalue weighted by molar-refractivity contribution is 0.160. The van der Waals surface area contributed by atoms with Gasteiger partial charge in [0.2, 0.25) is 5.95 Å². The molecule has 2 heterocycles. The maximum absolute atomic E-state index is 5.72. The maximum Gasteiger partial charge on any atom is 0.223 e. The van der Waals surface area contributed by atoms with Crippen LogP contribution in [0.2, 0.25) is 0 Å². The zero-order valence-corrected chi connectivity index (χ0v) is 13.2. The molecule has 1 unspecified atom stereocenters. The van der Waals surface area contributed by atoms with E-state index in [0.29, 0.717) is 5.95 Å². The zero-order chi connectivity index (χ0) is 15.1. The van der Waals surface area contributed by atoms with Crippen molar-refractivity contribution in [3.63, 3.8) is 0 Å². The van der Waals surface area contributed by atoms with E-state index in [1.165, 1.54) is 25.8 Å². The van der Waals surface area contributed by atoms with Gasteiger partial charge in [0.15, 0.2) is 0 Å². The highest BCUT2D eigenvalue weighted by Crippen LogP contribution is 2.16. The number of nitrogens with zero attached hydrogens (tertiary/aromatic N) is 3. The number of piperidine rings is 1. The molecule has 0 saturated carbocycles. The van der Waals surface area contributed by atoms with Gasteiger partial charge in [-0.25, -0.2) is 0 Å². The SMILES string of the molecule is CCNc1cc(NCCCN2CCCCC2C)nc(N)n1. The standard InChI is InChI=1S/C15H28N6/c1-3-17-13-11-14(20-15(16)19-13)18-8-6-10-21-9-5-4-7-12(21)2/h11-12H,3-10H2,1-2H3,(H4,16,17,18,19,20). The minimum atomic E-state index is 0.306. The third-order valence-corrected chi connectivity index (χ3v) is 3.97. The van der Waals surface area contributed by atoms with E-state index in [4.69, 9.17) is 5.73 Å². The van der Waals surface area contributed by atoms with Crippen LogP contribution in [0.5, 0.6) is 0 Å². The molecule has 4 N–H and O–H groups in total. The van der Waals surface area contributed by atoms with Crippen LogP contribution in [-0.2, 0) is 0 Å². The first-order valence-corrected chi connectivity index (χ1v) is 8.05. The van der Waals surface area contributed by atoms with Gasteiger partial charge in [0.1, 0.15) is 11.6 Å². The van der Waals surface area contributed by atoms with Gasteiger partial charge in [-0.1, -0.05) is 6.42 Å². The number of hydrogen-bond donors (Lipinski definition) is 3. The fourth-order valence-electron chi connectivity index (χ4n) is 2.82. The largest absolute Gasteiger partial charge is 0.370 e. The Hall–Kier alpha value is -1.56. The zero-order valence-electron chi connectivity index (χ0n) is 13.2. The first-order chi connectivity index (χ1) is 10.2.